The fraction of sp³-hybridized carbons (Fsp3) is 0.111. The Kier molecular flexibility index (Phi) is 4.95. The third-order valence-corrected chi connectivity index (χ3v) is 1.13. The maximum Gasteiger partial charge on any atom is 0.339 e. The van der Waals surface area contributed by atoms with Gasteiger partial charge in [-0.15, -0.1) is 0 Å². The van der Waals surface area contributed by atoms with Crippen molar-refractivity contribution in [1.82, 2.24) is 0 Å². The number of benzene rings is 1. The number of aromatic hydroxyl groups is 1. The lowest BCUT2D eigenvalue weighted by molar-refractivity contribution is -0.106. The van der Waals surface area contributed by atoms with E-state index in [4.69, 9.17) is 15.0 Å². The zero-order valence-electron chi connectivity index (χ0n) is 7.10. The Labute approximate surface area is 75.4 Å². The molecule has 2 N–H and O–H groups in total. The summed E-state index contributed by atoms with van der Waals surface area (Å²) in [6, 6.07) is 5.81. The zero-order chi connectivity index (χ0) is 10.3. The molecule has 0 radical (unpaired) electrons. The molecule has 0 spiro atoms. The van der Waals surface area contributed by atoms with Gasteiger partial charge in [0.15, 0.2) is 0 Å². The Morgan fingerprint density at radius 1 is 1.38 bits per heavy atom. The van der Waals surface area contributed by atoms with Crippen LogP contribution in [0.5, 0.6) is 5.75 Å². The van der Waals surface area contributed by atoms with Crippen molar-refractivity contribution in [3.05, 3.63) is 29.8 Å². The highest BCUT2D eigenvalue weighted by molar-refractivity contribution is 5.90. The second kappa shape index (κ2) is 5.77. The summed E-state index contributed by atoms with van der Waals surface area (Å²) in [5.41, 5.74) is -0.0671. The minimum Gasteiger partial charge on any atom is -0.507 e. The molecule has 0 aliphatic rings. The van der Waals surface area contributed by atoms with E-state index in [1.54, 1.807) is 12.1 Å². The molecule has 0 aromatic heterocycles. The van der Waals surface area contributed by atoms with Crippen LogP contribution in [0, 0.1) is 0 Å². The third-order valence-electron chi connectivity index (χ3n) is 1.13. The molecule has 13 heavy (non-hydrogen) atoms. The molecule has 0 aliphatic carbocycles. The van der Waals surface area contributed by atoms with Crippen molar-refractivity contribution in [2.45, 2.75) is 6.92 Å². The van der Waals surface area contributed by atoms with Crippen molar-refractivity contribution < 1.29 is 19.8 Å². The SMILES string of the molecule is CC=O.O=C(O)c1ccccc1O. The number of carboxylic acid groups (broad SMARTS) is 1. The topological polar surface area (TPSA) is 74.6 Å². The van der Waals surface area contributed by atoms with Gasteiger partial charge in [0, 0.05) is 0 Å². The molecule has 1 aromatic rings. The molecule has 4 nitrogen and oxygen atoms in total. The van der Waals surface area contributed by atoms with Crippen molar-refractivity contribution in [2.24, 2.45) is 0 Å². The van der Waals surface area contributed by atoms with Crippen molar-refractivity contribution in [3.8, 4) is 5.75 Å². The highest BCUT2D eigenvalue weighted by atomic mass is 16.4. The number of rotatable bonds is 1. The number of aromatic carboxylic acids is 1. The highest BCUT2D eigenvalue weighted by Crippen LogP contribution is 2.14. The summed E-state index contributed by atoms with van der Waals surface area (Å²) >= 11 is 0. The smallest absolute Gasteiger partial charge is 0.339 e. The molecule has 0 saturated carbocycles. The predicted molar refractivity (Wildman–Crippen MR) is 46.8 cm³/mol. The van der Waals surface area contributed by atoms with E-state index in [1.807, 2.05) is 0 Å². The van der Waals surface area contributed by atoms with Gasteiger partial charge in [-0.1, -0.05) is 12.1 Å². The Morgan fingerprint density at radius 3 is 2.15 bits per heavy atom. The van der Waals surface area contributed by atoms with Gasteiger partial charge in [-0.25, -0.2) is 4.79 Å². The van der Waals surface area contributed by atoms with E-state index in [1.165, 1.54) is 19.1 Å². The van der Waals surface area contributed by atoms with E-state index >= 15 is 0 Å². The number of carboxylic acids is 1. The Morgan fingerprint density at radius 2 is 1.85 bits per heavy atom. The molecular weight excluding hydrogens is 172 g/mol. The Hall–Kier alpha value is -1.84. The molecule has 0 unspecified atom stereocenters. The van der Waals surface area contributed by atoms with E-state index in [-0.39, 0.29) is 11.3 Å². The van der Waals surface area contributed by atoms with E-state index in [0.717, 1.165) is 6.29 Å². The zero-order valence-corrected chi connectivity index (χ0v) is 7.10. The van der Waals surface area contributed by atoms with Crippen LogP contribution >= 0.6 is 0 Å². The molecule has 1 rings (SSSR count). The van der Waals surface area contributed by atoms with Crippen LogP contribution in [0.4, 0.5) is 0 Å². The lowest BCUT2D eigenvalue weighted by Gasteiger charge is -1.95. The number of carbonyl (C=O) groups is 2. The Balaban J connectivity index is 0.000000424. The number of phenols is 1. The summed E-state index contributed by atoms with van der Waals surface area (Å²) in [6.07, 6.45) is 0.750. The van der Waals surface area contributed by atoms with Crippen LogP contribution in [-0.2, 0) is 4.79 Å². The first-order chi connectivity index (χ1) is 6.13. The average Bonchev–Trinajstić information content (AvgIpc) is 2.06. The van der Waals surface area contributed by atoms with Gasteiger partial charge < -0.3 is 15.0 Å². The summed E-state index contributed by atoms with van der Waals surface area (Å²) < 4.78 is 0. The summed E-state index contributed by atoms with van der Waals surface area (Å²) in [6.45, 7) is 1.44. The number of hydrogen-bond donors (Lipinski definition) is 2. The van der Waals surface area contributed by atoms with E-state index in [9.17, 15) is 4.79 Å². The quantitative estimate of drug-likeness (QED) is 0.642. The maximum atomic E-state index is 10.3. The molecule has 70 valence electrons. The van der Waals surface area contributed by atoms with Crippen LogP contribution in [-0.4, -0.2) is 22.5 Å². The Bertz CT molecular complexity index is 293. The van der Waals surface area contributed by atoms with Gasteiger partial charge in [0.1, 0.15) is 17.6 Å². The lowest BCUT2D eigenvalue weighted by Crippen LogP contribution is -1.95. The van der Waals surface area contributed by atoms with Gasteiger partial charge in [0.05, 0.1) is 0 Å². The molecule has 0 heterocycles. The van der Waals surface area contributed by atoms with Crippen LogP contribution in [0.15, 0.2) is 24.3 Å². The van der Waals surface area contributed by atoms with Crippen LogP contribution in [0.3, 0.4) is 0 Å². The third kappa shape index (κ3) is 3.91. The summed E-state index contributed by atoms with van der Waals surface area (Å²) in [7, 11) is 0. The largest absolute Gasteiger partial charge is 0.507 e. The lowest BCUT2D eigenvalue weighted by atomic mass is 10.2. The van der Waals surface area contributed by atoms with Crippen molar-refractivity contribution in [1.29, 1.82) is 0 Å². The number of para-hydroxylation sites is 1. The maximum absolute atomic E-state index is 10.3. The average molecular weight is 182 g/mol. The normalized spacial score (nSPS) is 8.08. The molecule has 0 atom stereocenters. The van der Waals surface area contributed by atoms with Crippen LogP contribution in [0.25, 0.3) is 0 Å². The fourth-order valence-electron chi connectivity index (χ4n) is 0.654. The summed E-state index contributed by atoms with van der Waals surface area (Å²) in [5.74, 6) is -1.31. The molecule has 0 aliphatic heterocycles. The molecular formula is C9H10O4. The summed E-state index contributed by atoms with van der Waals surface area (Å²) in [5, 5.41) is 17.3. The molecule has 0 bridgehead atoms. The second-order valence-electron chi connectivity index (χ2n) is 2.06. The van der Waals surface area contributed by atoms with E-state index in [0.29, 0.717) is 0 Å². The van der Waals surface area contributed by atoms with Gasteiger partial charge >= 0.3 is 5.97 Å². The molecule has 0 amide bonds. The first-order valence-electron chi connectivity index (χ1n) is 3.54. The van der Waals surface area contributed by atoms with Gasteiger partial charge in [0.2, 0.25) is 0 Å². The fourth-order valence-corrected chi connectivity index (χ4v) is 0.654. The minimum absolute atomic E-state index is 0.0671. The number of aldehydes is 1. The minimum atomic E-state index is -1.11. The second-order valence-corrected chi connectivity index (χ2v) is 2.06. The first kappa shape index (κ1) is 11.2. The first-order valence-corrected chi connectivity index (χ1v) is 3.54. The van der Waals surface area contributed by atoms with Gasteiger partial charge in [-0.3, -0.25) is 0 Å². The van der Waals surface area contributed by atoms with Crippen LogP contribution in [0.2, 0.25) is 0 Å². The van der Waals surface area contributed by atoms with Crippen molar-refractivity contribution >= 4 is 12.3 Å². The highest BCUT2D eigenvalue weighted by Gasteiger charge is 2.05. The molecule has 0 saturated heterocycles. The number of carbonyl (C=O) groups excluding carboxylic acids is 1. The van der Waals surface area contributed by atoms with Crippen LogP contribution < -0.4 is 0 Å². The van der Waals surface area contributed by atoms with E-state index < -0.39 is 5.97 Å². The van der Waals surface area contributed by atoms with Gasteiger partial charge in [-0.2, -0.15) is 0 Å². The van der Waals surface area contributed by atoms with Crippen molar-refractivity contribution in [3.63, 3.8) is 0 Å². The van der Waals surface area contributed by atoms with E-state index in [2.05, 4.69) is 0 Å². The monoisotopic (exact) mass is 182 g/mol. The molecule has 0 fully saturated rings. The molecule has 4 heteroatoms. The standard InChI is InChI=1S/C7H6O3.C2H4O/c8-6-4-2-1-3-5(6)7(9)10;1-2-3/h1-4,8H,(H,9,10);2H,1H3. The van der Waals surface area contributed by atoms with Gasteiger partial charge in [-0.05, 0) is 19.1 Å². The molecule has 1 aromatic carbocycles. The predicted octanol–water partition coefficient (Wildman–Crippen LogP) is 1.30. The number of hydrogen-bond acceptors (Lipinski definition) is 3. The van der Waals surface area contributed by atoms with Crippen molar-refractivity contribution in [2.75, 3.05) is 0 Å². The van der Waals surface area contributed by atoms with Gasteiger partial charge in [0.25, 0.3) is 0 Å². The van der Waals surface area contributed by atoms with Crippen LogP contribution in [0.1, 0.15) is 17.3 Å². The summed E-state index contributed by atoms with van der Waals surface area (Å²) in [4.78, 5) is 19.1.